The molecular formula is C27H27N3O4S. The maximum absolute atomic E-state index is 13.3. The molecular weight excluding hydrogens is 462 g/mol. The molecule has 7 nitrogen and oxygen atoms in total. The number of hydrogen-bond donors (Lipinski definition) is 2. The zero-order chi connectivity index (χ0) is 24.6. The van der Waals surface area contributed by atoms with Crippen LogP contribution in [0.15, 0.2) is 78.2 Å². The summed E-state index contributed by atoms with van der Waals surface area (Å²) in [5.74, 6) is -1.98. The van der Waals surface area contributed by atoms with Gasteiger partial charge in [0.15, 0.2) is 0 Å². The first-order valence-corrected chi connectivity index (χ1v) is 12.4. The molecule has 35 heavy (non-hydrogen) atoms. The number of carbonyl (C=O) groups is 4. The van der Waals surface area contributed by atoms with Crippen LogP contribution in [0.1, 0.15) is 28.8 Å². The van der Waals surface area contributed by atoms with Crippen molar-refractivity contribution in [2.45, 2.75) is 44.4 Å². The van der Waals surface area contributed by atoms with Crippen molar-refractivity contribution in [2.75, 3.05) is 0 Å². The van der Waals surface area contributed by atoms with E-state index in [4.69, 9.17) is 0 Å². The highest BCUT2D eigenvalue weighted by molar-refractivity contribution is 7.09. The lowest BCUT2D eigenvalue weighted by atomic mass is 10.0. The van der Waals surface area contributed by atoms with Crippen molar-refractivity contribution in [1.29, 1.82) is 0 Å². The monoisotopic (exact) mass is 489 g/mol. The van der Waals surface area contributed by atoms with Gasteiger partial charge in [-0.1, -0.05) is 66.7 Å². The van der Waals surface area contributed by atoms with Gasteiger partial charge in [0, 0.05) is 24.3 Å². The molecule has 1 fully saturated rings. The fraction of sp³-hybridized carbons (Fsp3) is 0.259. The predicted molar refractivity (Wildman–Crippen MR) is 133 cm³/mol. The van der Waals surface area contributed by atoms with Gasteiger partial charge in [0.1, 0.15) is 12.1 Å². The van der Waals surface area contributed by atoms with Gasteiger partial charge in [-0.3, -0.25) is 19.2 Å². The number of Topliss-reactive ketones (excluding diaryl/α,β-unsaturated/α-hetero) is 1. The average Bonchev–Trinajstić information content (AvgIpc) is 3.53. The zero-order valence-corrected chi connectivity index (χ0v) is 20.0. The van der Waals surface area contributed by atoms with Crippen molar-refractivity contribution < 1.29 is 19.2 Å². The van der Waals surface area contributed by atoms with Crippen molar-refractivity contribution in [2.24, 2.45) is 0 Å². The number of likely N-dealkylation sites (tertiary alicyclic amines) is 1. The first kappa shape index (κ1) is 24.3. The standard InChI is InChI=1S/C27H27N3O4S/c31-24-14-13-23(30(24)18-20-10-5-2-6-11-20)26(33)29-22(16-19-8-3-1-4-9-19)25(32)27(34)28-17-21-12-7-15-35-21/h1-12,15,22-23H,13-14,16-18H2,(H,28,34)(H,29,33). The van der Waals surface area contributed by atoms with Gasteiger partial charge >= 0.3 is 0 Å². The van der Waals surface area contributed by atoms with Crippen LogP contribution < -0.4 is 10.6 Å². The summed E-state index contributed by atoms with van der Waals surface area (Å²) in [7, 11) is 0. The normalized spacial score (nSPS) is 16.1. The minimum atomic E-state index is -1.04. The van der Waals surface area contributed by atoms with E-state index in [1.54, 1.807) is 4.90 Å². The van der Waals surface area contributed by atoms with Crippen LogP contribution in [-0.2, 0) is 38.7 Å². The number of benzene rings is 2. The lowest BCUT2D eigenvalue weighted by Crippen LogP contribution is -2.53. The number of nitrogens with one attached hydrogen (secondary N) is 2. The highest BCUT2D eigenvalue weighted by Gasteiger charge is 2.38. The van der Waals surface area contributed by atoms with Crippen LogP contribution in [0.5, 0.6) is 0 Å². The molecule has 2 N–H and O–H groups in total. The van der Waals surface area contributed by atoms with Crippen molar-refractivity contribution in [3.63, 3.8) is 0 Å². The molecule has 2 heterocycles. The zero-order valence-electron chi connectivity index (χ0n) is 19.2. The highest BCUT2D eigenvalue weighted by atomic mass is 32.1. The lowest BCUT2D eigenvalue weighted by Gasteiger charge is -2.26. The summed E-state index contributed by atoms with van der Waals surface area (Å²) in [5, 5.41) is 7.32. The van der Waals surface area contributed by atoms with E-state index < -0.39 is 29.7 Å². The average molecular weight is 490 g/mol. The van der Waals surface area contributed by atoms with Gasteiger partial charge < -0.3 is 15.5 Å². The van der Waals surface area contributed by atoms with Gasteiger partial charge in [0.05, 0.1) is 6.54 Å². The number of hydrogen-bond acceptors (Lipinski definition) is 5. The van der Waals surface area contributed by atoms with Crippen molar-refractivity contribution in [3.05, 3.63) is 94.2 Å². The fourth-order valence-corrected chi connectivity index (χ4v) is 4.78. The number of thiophene rings is 1. The van der Waals surface area contributed by atoms with Crippen molar-refractivity contribution in [3.8, 4) is 0 Å². The first-order chi connectivity index (χ1) is 17.0. The van der Waals surface area contributed by atoms with Crippen molar-refractivity contribution >= 4 is 34.8 Å². The molecule has 180 valence electrons. The van der Waals surface area contributed by atoms with Gasteiger partial charge in [0.2, 0.25) is 17.6 Å². The Morgan fingerprint density at radius 2 is 1.63 bits per heavy atom. The number of carbonyl (C=O) groups excluding carboxylic acids is 4. The van der Waals surface area contributed by atoms with Gasteiger partial charge in [-0.05, 0) is 29.0 Å². The molecule has 1 aliphatic heterocycles. The maximum atomic E-state index is 13.3. The Labute approximate surface area is 208 Å². The van der Waals surface area contributed by atoms with E-state index in [9.17, 15) is 19.2 Å². The Bertz CT molecular complexity index is 1170. The summed E-state index contributed by atoms with van der Waals surface area (Å²) in [6, 6.07) is 20.7. The smallest absolute Gasteiger partial charge is 0.289 e. The maximum Gasteiger partial charge on any atom is 0.289 e. The molecule has 8 heteroatoms. The molecule has 0 bridgehead atoms. The molecule has 1 aliphatic rings. The topological polar surface area (TPSA) is 95.6 Å². The molecule has 4 rings (SSSR count). The minimum absolute atomic E-state index is 0.103. The van der Waals surface area contributed by atoms with E-state index in [1.807, 2.05) is 78.2 Å². The molecule has 0 spiro atoms. The second-order valence-corrected chi connectivity index (χ2v) is 9.47. The van der Waals surface area contributed by atoms with Crippen molar-refractivity contribution in [1.82, 2.24) is 15.5 Å². The highest BCUT2D eigenvalue weighted by Crippen LogP contribution is 2.22. The number of ketones is 1. The van der Waals surface area contributed by atoms with Gasteiger partial charge in [-0.25, -0.2) is 0 Å². The molecule has 3 amide bonds. The third-order valence-corrected chi connectivity index (χ3v) is 6.85. The quantitative estimate of drug-likeness (QED) is 0.428. The largest absolute Gasteiger partial charge is 0.345 e. The van der Waals surface area contributed by atoms with Gasteiger partial charge in [0.25, 0.3) is 5.91 Å². The summed E-state index contributed by atoms with van der Waals surface area (Å²) in [6.45, 7) is 0.562. The van der Waals surface area contributed by atoms with Gasteiger partial charge in [-0.15, -0.1) is 11.3 Å². The van der Waals surface area contributed by atoms with Crippen LogP contribution in [-0.4, -0.2) is 40.5 Å². The van der Waals surface area contributed by atoms with Crippen LogP contribution in [0.4, 0.5) is 0 Å². The first-order valence-electron chi connectivity index (χ1n) is 11.5. The molecule has 0 radical (unpaired) electrons. The molecule has 1 saturated heterocycles. The second-order valence-electron chi connectivity index (χ2n) is 8.44. The third kappa shape index (κ3) is 6.42. The number of rotatable bonds is 10. The molecule has 2 unspecified atom stereocenters. The van der Waals surface area contributed by atoms with Crippen LogP contribution >= 0.6 is 11.3 Å². The van der Waals surface area contributed by atoms with Crippen LogP contribution in [0.3, 0.4) is 0 Å². The Morgan fingerprint density at radius 3 is 2.29 bits per heavy atom. The van der Waals surface area contributed by atoms with Crippen LogP contribution in [0.25, 0.3) is 0 Å². The van der Waals surface area contributed by atoms with Gasteiger partial charge in [-0.2, -0.15) is 0 Å². The summed E-state index contributed by atoms with van der Waals surface area (Å²) in [6.07, 6.45) is 0.815. The van der Waals surface area contributed by atoms with E-state index in [0.29, 0.717) is 13.0 Å². The minimum Gasteiger partial charge on any atom is -0.345 e. The molecule has 2 aromatic carbocycles. The Morgan fingerprint density at radius 1 is 0.943 bits per heavy atom. The predicted octanol–water partition coefficient (Wildman–Crippen LogP) is 2.85. The van der Waals surface area contributed by atoms with E-state index in [1.165, 1.54) is 11.3 Å². The fourth-order valence-electron chi connectivity index (χ4n) is 4.14. The Kier molecular flexibility index (Phi) is 8.05. The summed E-state index contributed by atoms with van der Waals surface area (Å²) < 4.78 is 0. The summed E-state index contributed by atoms with van der Waals surface area (Å²) in [5.41, 5.74) is 1.74. The van der Waals surface area contributed by atoms with E-state index >= 15 is 0 Å². The Balaban J connectivity index is 1.47. The molecule has 0 saturated carbocycles. The van der Waals surface area contributed by atoms with E-state index in [-0.39, 0.29) is 25.3 Å². The van der Waals surface area contributed by atoms with E-state index in [0.717, 1.165) is 16.0 Å². The molecule has 1 aromatic heterocycles. The van der Waals surface area contributed by atoms with Crippen LogP contribution in [0, 0.1) is 0 Å². The number of amides is 3. The van der Waals surface area contributed by atoms with E-state index in [2.05, 4.69) is 10.6 Å². The van der Waals surface area contributed by atoms with Crippen LogP contribution in [0.2, 0.25) is 0 Å². The summed E-state index contributed by atoms with van der Waals surface area (Å²) >= 11 is 1.48. The molecule has 3 aromatic rings. The second kappa shape index (κ2) is 11.6. The Hall–Kier alpha value is -3.78. The third-order valence-electron chi connectivity index (χ3n) is 5.97. The summed E-state index contributed by atoms with van der Waals surface area (Å²) in [4.78, 5) is 54.0. The SMILES string of the molecule is O=C(NCc1cccs1)C(=O)C(Cc1ccccc1)NC(=O)C1CCC(=O)N1Cc1ccccc1. The molecule has 0 aliphatic carbocycles. The lowest BCUT2D eigenvalue weighted by molar-refractivity contribution is -0.141. The number of nitrogens with zero attached hydrogens (tertiary/aromatic N) is 1. The molecule has 2 atom stereocenters.